The number of oxazole rings is 1. The van der Waals surface area contributed by atoms with Gasteiger partial charge in [-0.05, 0) is 13.8 Å². The second-order valence-corrected chi connectivity index (χ2v) is 2.49. The van der Waals surface area contributed by atoms with E-state index in [2.05, 4.69) is 10.9 Å². The van der Waals surface area contributed by atoms with Gasteiger partial charge in [0.15, 0.2) is 5.60 Å². The average molecular weight is 151 g/mol. The van der Waals surface area contributed by atoms with Gasteiger partial charge in [0.25, 0.3) is 0 Å². The molecule has 1 N–H and O–H groups in total. The van der Waals surface area contributed by atoms with E-state index in [4.69, 9.17) is 10.8 Å². The van der Waals surface area contributed by atoms with Crippen LogP contribution in [0.4, 0.5) is 0 Å². The minimum Gasteiger partial charge on any atom is -0.442 e. The molecule has 0 aliphatic carbocycles. The highest BCUT2D eigenvalue weighted by molar-refractivity contribution is 5.14. The van der Waals surface area contributed by atoms with Crippen molar-refractivity contribution in [2.45, 2.75) is 19.4 Å². The Bertz CT molecular complexity index is 293. The molecule has 3 heteroatoms. The summed E-state index contributed by atoms with van der Waals surface area (Å²) in [6, 6.07) is 0. The van der Waals surface area contributed by atoms with Gasteiger partial charge in [-0.25, -0.2) is 4.98 Å². The fourth-order valence-electron chi connectivity index (χ4n) is 0.642. The first-order valence-electron chi connectivity index (χ1n) is 3.19. The van der Waals surface area contributed by atoms with Crippen molar-refractivity contribution in [2.75, 3.05) is 0 Å². The van der Waals surface area contributed by atoms with Crippen LogP contribution in [0.5, 0.6) is 0 Å². The summed E-state index contributed by atoms with van der Waals surface area (Å²) in [6.07, 6.45) is 6.56. The van der Waals surface area contributed by atoms with Crippen LogP contribution in [0, 0.1) is 19.3 Å². The first-order chi connectivity index (χ1) is 5.06. The summed E-state index contributed by atoms with van der Waals surface area (Å²) in [7, 11) is 0. The maximum Gasteiger partial charge on any atom is 0.239 e. The van der Waals surface area contributed by atoms with E-state index >= 15 is 0 Å². The number of aliphatic hydroxyl groups is 1. The van der Waals surface area contributed by atoms with Crippen molar-refractivity contribution in [3.8, 4) is 12.3 Å². The predicted molar refractivity (Wildman–Crippen MR) is 39.6 cm³/mol. The largest absolute Gasteiger partial charge is 0.442 e. The molecule has 0 radical (unpaired) electrons. The number of terminal acetylenes is 1. The van der Waals surface area contributed by atoms with Crippen LogP contribution in [0.1, 0.15) is 18.6 Å². The van der Waals surface area contributed by atoms with E-state index in [1.54, 1.807) is 6.92 Å². The molecule has 0 unspecified atom stereocenters. The summed E-state index contributed by atoms with van der Waals surface area (Å²) in [6.45, 7) is 3.20. The van der Waals surface area contributed by atoms with Gasteiger partial charge in [0.1, 0.15) is 5.76 Å². The second-order valence-electron chi connectivity index (χ2n) is 2.49. The molecule has 3 nitrogen and oxygen atoms in total. The monoisotopic (exact) mass is 151 g/mol. The molecule has 0 aliphatic heterocycles. The Morgan fingerprint density at radius 3 is 2.82 bits per heavy atom. The third-order valence-corrected chi connectivity index (χ3v) is 1.32. The number of hydrogen-bond acceptors (Lipinski definition) is 3. The van der Waals surface area contributed by atoms with E-state index in [-0.39, 0.29) is 5.89 Å². The minimum absolute atomic E-state index is 0.164. The van der Waals surface area contributed by atoms with E-state index < -0.39 is 5.60 Å². The topological polar surface area (TPSA) is 46.3 Å². The highest BCUT2D eigenvalue weighted by Gasteiger charge is 2.25. The van der Waals surface area contributed by atoms with Gasteiger partial charge in [-0.3, -0.25) is 0 Å². The highest BCUT2D eigenvalue weighted by Crippen LogP contribution is 2.18. The molecule has 0 spiro atoms. The zero-order chi connectivity index (χ0) is 8.48. The molecule has 0 aromatic carbocycles. The van der Waals surface area contributed by atoms with Crippen LogP contribution in [-0.4, -0.2) is 10.1 Å². The van der Waals surface area contributed by atoms with Gasteiger partial charge >= 0.3 is 0 Å². The molecule has 1 aromatic heterocycles. The number of aryl methyl sites for hydroxylation is 1. The lowest BCUT2D eigenvalue weighted by atomic mass is 10.1. The van der Waals surface area contributed by atoms with Gasteiger partial charge in [-0.1, -0.05) is 5.92 Å². The molecule has 1 heterocycles. The maximum absolute atomic E-state index is 9.42. The number of hydrogen-bond donors (Lipinski definition) is 1. The molecule has 0 amide bonds. The molecule has 1 atom stereocenters. The Hall–Kier alpha value is -1.27. The van der Waals surface area contributed by atoms with Crippen LogP contribution in [-0.2, 0) is 5.60 Å². The van der Waals surface area contributed by atoms with E-state index in [1.807, 2.05) is 0 Å². The predicted octanol–water partition coefficient (Wildman–Crippen LogP) is 0.824. The molecule has 0 bridgehead atoms. The van der Waals surface area contributed by atoms with E-state index in [0.29, 0.717) is 5.76 Å². The van der Waals surface area contributed by atoms with Crippen LogP contribution in [0.25, 0.3) is 0 Å². The summed E-state index contributed by atoms with van der Waals surface area (Å²) in [5.41, 5.74) is -1.39. The lowest BCUT2D eigenvalue weighted by Gasteiger charge is -2.09. The van der Waals surface area contributed by atoms with Crippen LogP contribution in [0.2, 0.25) is 0 Å². The molecule has 1 rings (SSSR count). The first-order valence-corrected chi connectivity index (χ1v) is 3.19. The average Bonchev–Trinajstić information content (AvgIpc) is 2.36. The fourth-order valence-corrected chi connectivity index (χ4v) is 0.642. The quantitative estimate of drug-likeness (QED) is 0.604. The number of nitrogens with zero attached hydrogens (tertiary/aromatic N) is 1. The Labute approximate surface area is 65.1 Å². The van der Waals surface area contributed by atoms with Gasteiger partial charge in [0.2, 0.25) is 5.89 Å². The van der Waals surface area contributed by atoms with Gasteiger partial charge in [0, 0.05) is 0 Å². The van der Waals surface area contributed by atoms with Gasteiger partial charge in [-0.15, -0.1) is 6.42 Å². The lowest BCUT2D eigenvalue weighted by molar-refractivity contribution is 0.0884. The summed E-state index contributed by atoms with van der Waals surface area (Å²) in [4.78, 5) is 3.80. The Kier molecular flexibility index (Phi) is 1.71. The third-order valence-electron chi connectivity index (χ3n) is 1.32. The van der Waals surface area contributed by atoms with Gasteiger partial charge in [-0.2, -0.15) is 0 Å². The summed E-state index contributed by atoms with van der Waals surface area (Å²) in [5.74, 6) is 2.97. The molecule has 0 aliphatic rings. The third kappa shape index (κ3) is 1.41. The molecule has 0 saturated carbocycles. The first kappa shape index (κ1) is 7.83. The molecular formula is C8H9NO2. The number of aromatic nitrogens is 1. The summed E-state index contributed by atoms with van der Waals surface area (Å²) in [5, 5.41) is 9.42. The van der Waals surface area contributed by atoms with Gasteiger partial charge < -0.3 is 9.52 Å². The van der Waals surface area contributed by atoms with Crippen LogP contribution >= 0.6 is 0 Å². The standard InChI is InChI=1S/C8H9NO2/c1-4-8(3,10)7-9-5-6(2)11-7/h1,5,10H,2-3H3/t8-/m0/s1. The molecule has 0 saturated heterocycles. The van der Waals surface area contributed by atoms with Gasteiger partial charge in [0.05, 0.1) is 6.20 Å². The van der Waals surface area contributed by atoms with Crippen molar-refractivity contribution >= 4 is 0 Å². The van der Waals surface area contributed by atoms with Crippen molar-refractivity contribution in [1.82, 2.24) is 4.98 Å². The molecular weight excluding hydrogens is 142 g/mol. The van der Waals surface area contributed by atoms with Crippen LogP contribution in [0.3, 0.4) is 0 Å². The van der Waals surface area contributed by atoms with Crippen molar-refractivity contribution in [1.29, 1.82) is 0 Å². The van der Waals surface area contributed by atoms with E-state index in [0.717, 1.165) is 0 Å². The Morgan fingerprint density at radius 1 is 1.82 bits per heavy atom. The van der Waals surface area contributed by atoms with E-state index in [9.17, 15) is 5.11 Å². The summed E-state index contributed by atoms with van der Waals surface area (Å²) >= 11 is 0. The van der Waals surface area contributed by atoms with Crippen LogP contribution in [0.15, 0.2) is 10.6 Å². The van der Waals surface area contributed by atoms with Crippen molar-refractivity contribution in [2.24, 2.45) is 0 Å². The Morgan fingerprint density at radius 2 is 2.45 bits per heavy atom. The molecule has 1 aromatic rings. The zero-order valence-corrected chi connectivity index (χ0v) is 6.46. The number of rotatable bonds is 1. The molecule has 11 heavy (non-hydrogen) atoms. The summed E-state index contributed by atoms with van der Waals surface area (Å²) < 4.78 is 5.04. The van der Waals surface area contributed by atoms with E-state index in [1.165, 1.54) is 13.1 Å². The smallest absolute Gasteiger partial charge is 0.239 e. The maximum atomic E-state index is 9.42. The second kappa shape index (κ2) is 2.40. The molecule has 0 fully saturated rings. The fraction of sp³-hybridized carbons (Fsp3) is 0.375. The molecule has 58 valence electrons. The van der Waals surface area contributed by atoms with Crippen molar-refractivity contribution < 1.29 is 9.52 Å². The lowest BCUT2D eigenvalue weighted by Crippen LogP contribution is -2.18. The Balaban J connectivity index is 3.04. The van der Waals surface area contributed by atoms with Crippen molar-refractivity contribution in [3.05, 3.63) is 17.8 Å². The van der Waals surface area contributed by atoms with Crippen LogP contribution < -0.4 is 0 Å². The highest BCUT2D eigenvalue weighted by atomic mass is 16.4. The SMILES string of the molecule is C#C[C@](C)(O)c1ncc(C)o1. The van der Waals surface area contributed by atoms with Crippen molar-refractivity contribution in [3.63, 3.8) is 0 Å². The minimum atomic E-state index is -1.39. The zero-order valence-electron chi connectivity index (χ0n) is 6.46. The normalized spacial score (nSPS) is 15.5.